The molecule has 3 nitrogen and oxygen atoms in total. The number of aryl methyl sites for hydroxylation is 1. The smallest absolute Gasteiger partial charge is 0.253 e. The van der Waals surface area contributed by atoms with Gasteiger partial charge in [0.1, 0.15) is 0 Å². The van der Waals surface area contributed by atoms with Crippen molar-refractivity contribution in [3.05, 3.63) is 65.7 Å². The van der Waals surface area contributed by atoms with Gasteiger partial charge in [-0.2, -0.15) is 0 Å². The number of benzene rings is 2. The second-order valence-corrected chi connectivity index (χ2v) is 6.01. The predicted octanol–water partition coefficient (Wildman–Crippen LogP) is 3.35. The molecule has 0 radical (unpaired) electrons. The third-order valence-electron chi connectivity index (χ3n) is 4.45. The van der Waals surface area contributed by atoms with Gasteiger partial charge >= 0.3 is 0 Å². The summed E-state index contributed by atoms with van der Waals surface area (Å²) in [5.74, 6) is 0.108. The molecule has 1 amide bonds. The average Bonchev–Trinajstić information content (AvgIpc) is 3.05. The minimum absolute atomic E-state index is 0.108. The maximum absolute atomic E-state index is 12.5. The van der Waals surface area contributed by atoms with E-state index < -0.39 is 0 Å². The lowest BCUT2D eigenvalue weighted by atomic mass is 10.1. The van der Waals surface area contributed by atoms with Gasteiger partial charge in [-0.05, 0) is 37.6 Å². The predicted molar refractivity (Wildman–Crippen MR) is 90.3 cm³/mol. The lowest BCUT2D eigenvalue weighted by Crippen LogP contribution is -2.39. The Hall–Kier alpha value is -2.29. The van der Waals surface area contributed by atoms with Crippen LogP contribution in [0.15, 0.2) is 54.6 Å². The van der Waals surface area contributed by atoms with Crippen LogP contribution < -0.4 is 4.90 Å². The van der Waals surface area contributed by atoms with Crippen molar-refractivity contribution < 1.29 is 4.79 Å². The van der Waals surface area contributed by atoms with Crippen molar-refractivity contribution in [1.29, 1.82) is 0 Å². The van der Waals surface area contributed by atoms with Gasteiger partial charge in [-0.15, -0.1) is 0 Å². The third kappa shape index (κ3) is 2.98. The molecule has 0 aromatic heterocycles. The normalized spacial score (nSPS) is 17.5. The first-order chi connectivity index (χ1) is 10.6. The number of carbonyl (C=O) groups is 1. The van der Waals surface area contributed by atoms with E-state index in [1.54, 1.807) is 0 Å². The SMILES string of the molecule is Cc1ccc(N2CCC(N(C)C(=O)c3ccccc3)C2)cc1. The number of likely N-dealkylation sites (N-methyl/N-ethyl adjacent to an activating group) is 1. The summed E-state index contributed by atoms with van der Waals surface area (Å²) in [6, 6.07) is 18.4. The number of nitrogens with zero attached hydrogens (tertiary/aromatic N) is 2. The Bertz CT molecular complexity index is 636. The van der Waals surface area contributed by atoms with Gasteiger partial charge in [0.05, 0.1) is 6.04 Å². The Balaban J connectivity index is 1.67. The van der Waals surface area contributed by atoms with E-state index in [1.807, 2.05) is 42.3 Å². The molecule has 0 spiro atoms. The number of amides is 1. The molecule has 0 N–H and O–H groups in total. The van der Waals surface area contributed by atoms with E-state index >= 15 is 0 Å². The van der Waals surface area contributed by atoms with E-state index in [1.165, 1.54) is 11.3 Å². The minimum atomic E-state index is 0.108. The second kappa shape index (κ2) is 6.22. The summed E-state index contributed by atoms with van der Waals surface area (Å²) in [7, 11) is 1.92. The number of carbonyl (C=O) groups excluding carboxylic acids is 1. The molecule has 3 rings (SSSR count). The first-order valence-electron chi connectivity index (χ1n) is 7.79. The lowest BCUT2D eigenvalue weighted by molar-refractivity contribution is 0.0745. The maximum Gasteiger partial charge on any atom is 0.253 e. The van der Waals surface area contributed by atoms with Crippen LogP contribution in [-0.4, -0.2) is 37.0 Å². The molecular formula is C19H22N2O. The monoisotopic (exact) mass is 294 g/mol. The Morgan fingerprint density at radius 1 is 1.09 bits per heavy atom. The lowest BCUT2D eigenvalue weighted by Gasteiger charge is -2.25. The van der Waals surface area contributed by atoms with Gasteiger partial charge in [0.2, 0.25) is 0 Å². The highest BCUT2D eigenvalue weighted by molar-refractivity contribution is 5.94. The van der Waals surface area contributed by atoms with Gasteiger partial charge in [-0.25, -0.2) is 0 Å². The summed E-state index contributed by atoms with van der Waals surface area (Å²) in [6.07, 6.45) is 1.02. The van der Waals surface area contributed by atoms with E-state index in [9.17, 15) is 4.79 Å². The fraction of sp³-hybridized carbons (Fsp3) is 0.316. The zero-order valence-corrected chi connectivity index (χ0v) is 13.2. The van der Waals surface area contributed by atoms with E-state index in [0.717, 1.165) is 25.1 Å². The van der Waals surface area contributed by atoms with Crippen LogP contribution in [0.3, 0.4) is 0 Å². The van der Waals surface area contributed by atoms with Crippen molar-refractivity contribution in [1.82, 2.24) is 4.90 Å². The molecule has 0 saturated carbocycles. The third-order valence-corrected chi connectivity index (χ3v) is 4.45. The van der Waals surface area contributed by atoms with Crippen molar-refractivity contribution >= 4 is 11.6 Å². The maximum atomic E-state index is 12.5. The van der Waals surface area contributed by atoms with Crippen LogP contribution in [0.5, 0.6) is 0 Å². The van der Waals surface area contributed by atoms with Crippen LogP contribution in [0.4, 0.5) is 5.69 Å². The van der Waals surface area contributed by atoms with Crippen LogP contribution in [0, 0.1) is 6.92 Å². The van der Waals surface area contributed by atoms with Crippen molar-refractivity contribution in [3.63, 3.8) is 0 Å². The molecule has 1 aliphatic heterocycles. The van der Waals surface area contributed by atoms with E-state index in [-0.39, 0.29) is 11.9 Å². The Labute approximate surface area is 132 Å². The molecule has 0 bridgehead atoms. The van der Waals surface area contributed by atoms with Gasteiger partial charge in [0.15, 0.2) is 0 Å². The molecular weight excluding hydrogens is 272 g/mol. The molecule has 2 aromatic rings. The van der Waals surface area contributed by atoms with Gasteiger partial charge in [0, 0.05) is 31.4 Å². The van der Waals surface area contributed by atoms with Crippen LogP contribution >= 0.6 is 0 Å². The molecule has 1 fully saturated rings. The topological polar surface area (TPSA) is 23.6 Å². The molecule has 1 heterocycles. The first kappa shape index (κ1) is 14.6. The summed E-state index contributed by atoms with van der Waals surface area (Å²) in [5.41, 5.74) is 3.28. The second-order valence-electron chi connectivity index (χ2n) is 6.01. The van der Waals surface area contributed by atoms with Gasteiger partial charge in [-0.1, -0.05) is 35.9 Å². The largest absolute Gasteiger partial charge is 0.369 e. The average molecular weight is 294 g/mol. The fourth-order valence-corrected chi connectivity index (χ4v) is 3.00. The summed E-state index contributed by atoms with van der Waals surface area (Å²) in [5, 5.41) is 0. The molecule has 0 aliphatic carbocycles. The molecule has 1 atom stereocenters. The fourth-order valence-electron chi connectivity index (χ4n) is 3.00. The summed E-state index contributed by atoms with van der Waals surface area (Å²) in [4.78, 5) is 16.8. The Morgan fingerprint density at radius 3 is 2.45 bits per heavy atom. The van der Waals surface area contributed by atoms with Gasteiger partial charge in [-0.3, -0.25) is 4.79 Å². The van der Waals surface area contributed by atoms with Gasteiger partial charge < -0.3 is 9.80 Å². The van der Waals surface area contributed by atoms with Crippen molar-refractivity contribution in [2.75, 3.05) is 25.0 Å². The zero-order valence-electron chi connectivity index (χ0n) is 13.2. The Kier molecular flexibility index (Phi) is 4.14. The van der Waals surface area contributed by atoms with Crippen LogP contribution in [0.2, 0.25) is 0 Å². The molecule has 22 heavy (non-hydrogen) atoms. The Morgan fingerprint density at radius 2 is 1.77 bits per heavy atom. The number of anilines is 1. The summed E-state index contributed by atoms with van der Waals surface area (Å²) >= 11 is 0. The molecule has 2 aromatic carbocycles. The minimum Gasteiger partial charge on any atom is -0.369 e. The highest BCUT2D eigenvalue weighted by atomic mass is 16.2. The number of hydrogen-bond donors (Lipinski definition) is 0. The summed E-state index contributed by atoms with van der Waals surface area (Å²) < 4.78 is 0. The number of hydrogen-bond acceptors (Lipinski definition) is 2. The van der Waals surface area contributed by atoms with Crippen molar-refractivity contribution in [2.45, 2.75) is 19.4 Å². The molecule has 1 saturated heterocycles. The highest BCUT2D eigenvalue weighted by Crippen LogP contribution is 2.23. The van der Waals surface area contributed by atoms with Crippen LogP contribution in [0.25, 0.3) is 0 Å². The van der Waals surface area contributed by atoms with E-state index in [0.29, 0.717) is 0 Å². The molecule has 1 aliphatic rings. The quantitative estimate of drug-likeness (QED) is 0.867. The van der Waals surface area contributed by atoms with Crippen molar-refractivity contribution in [3.8, 4) is 0 Å². The number of rotatable bonds is 3. The molecule has 114 valence electrons. The zero-order chi connectivity index (χ0) is 15.5. The first-order valence-corrected chi connectivity index (χ1v) is 7.79. The van der Waals surface area contributed by atoms with Crippen LogP contribution in [-0.2, 0) is 0 Å². The molecule has 1 unspecified atom stereocenters. The summed E-state index contributed by atoms with van der Waals surface area (Å²) in [6.45, 7) is 4.00. The molecule has 3 heteroatoms. The van der Waals surface area contributed by atoms with E-state index in [4.69, 9.17) is 0 Å². The van der Waals surface area contributed by atoms with Crippen LogP contribution in [0.1, 0.15) is 22.3 Å². The van der Waals surface area contributed by atoms with Gasteiger partial charge in [0.25, 0.3) is 5.91 Å². The standard InChI is InChI=1S/C19H22N2O/c1-15-8-10-17(11-9-15)21-13-12-18(14-21)20(2)19(22)16-6-4-3-5-7-16/h3-11,18H,12-14H2,1-2H3. The highest BCUT2D eigenvalue weighted by Gasteiger charge is 2.28. The van der Waals surface area contributed by atoms with E-state index in [2.05, 4.69) is 36.1 Å². The van der Waals surface area contributed by atoms with Crippen molar-refractivity contribution in [2.24, 2.45) is 0 Å².